The molecule has 0 aliphatic carbocycles. The zero-order valence-corrected chi connectivity index (χ0v) is 12.1. The SMILES string of the molecule is O=C(c1ccccc1)c1cccc(Oc2ccc(O)cc2)c1O. The Balaban J connectivity index is 1.92. The number of phenolic OH excluding ortho intramolecular Hbond substituents is 2. The zero-order chi connectivity index (χ0) is 16.2. The molecule has 3 aromatic carbocycles. The highest BCUT2D eigenvalue weighted by Crippen LogP contribution is 2.35. The number of hydrogen-bond acceptors (Lipinski definition) is 4. The minimum Gasteiger partial charge on any atom is -0.508 e. The van der Waals surface area contributed by atoms with E-state index in [0.29, 0.717) is 11.3 Å². The van der Waals surface area contributed by atoms with Gasteiger partial charge in [-0.25, -0.2) is 0 Å². The normalized spacial score (nSPS) is 10.3. The molecule has 0 atom stereocenters. The number of aromatic hydroxyl groups is 2. The van der Waals surface area contributed by atoms with Crippen LogP contribution in [0.4, 0.5) is 0 Å². The van der Waals surface area contributed by atoms with E-state index < -0.39 is 0 Å². The van der Waals surface area contributed by atoms with Crippen LogP contribution < -0.4 is 4.74 Å². The molecule has 0 saturated heterocycles. The largest absolute Gasteiger partial charge is 0.508 e. The van der Waals surface area contributed by atoms with E-state index >= 15 is 0 Å². The molecule has 0 aliphatic rings. The van der Waals surface area contributed by atoms with E-state index in [1.54, 1.807) is 54.6 Å². The predicted octanol–water partition coefficient (Wildman–Crippen LogP) is 4.12. The van der Waals surface area contributed by atoms with Gasteiger partial charge < -0.3 is 14.9 Å². The Bertz CT molecular complexity index is 824. The predicted molar refractivity (Wildman–Crippen MR) is 86.2 cm³/mol. The molecule has 0 amide bonds. The van der Waals surface area contributed by atoms with Crippen LogP contribution in [0.2, 0.25) is 0 Å². The van der Waals surface area contributed by atoms with Gasteiger partial charge in [0.15, 0.2) is 17.3 Å². The number of carbonyl (C=O) groups excluding carboxylic acids is 1. The molecule has 114 valence electrons. The molecule has 3 rings (SSSR count). The van der Waals surface area contributed by atoms with Crippen molar-refractivity contribution in [2.45, 2.75) is 0 Å². The van der Waals surface area contributed by atoms with Gasteiger partial charge in [0.2, 0.25) is 0 Å². The second-order valence-electron chi connectivity index (χ2n) is 4.94. The van der Waals surface area contributed by atoms with Crippen LogP contribution in [0.25, 0.3) is 0 Å². The third kappa shape index (κ3) is 3.16. The van der Waals surface area contributed by atoms with Crippen LogP contribution in [0, 0.1) is 0 Å². The number of carbonyl (C=O) groups is 1. The maximum Gasteiger partial charge on any atom is 0.196 e. The second-order valence-corrected chi connectivity index (χ2v) is 4.94. The first-order chi connectivity index (χ1) is 11.1. The molecule has 0 heterocycles. The van der Waals surface area contributed by atoms with Crippen molar-refractivity contribution in [2.75, 3.05) is 0 Å². The number of para-hydroxylation sites is 1. The molecule has 0 unspecified atom stereocenters. The minimum atomic E-state index is -0.278. The molecule has 4 nitrogen and oxygen atoms in total. The van der Waals surface area contributed by atoms with Crippen LogP contribution in [-0.2, 0) is 0 Å². The van der Waals surface area contributed by atoms with Gasteiger partial charge in [0.1, 0.15) is 11.5 Å². The summed E-state index contributed by atoms with van der Waals surface area (Å²) in [5, 5.41) is 19.6. The van der Waals surface area contributed by atoms with Gasteiger partial charge in [0, 0.05) is 5.56 Å². The van der Waals surface area contributed by atoms with Gasteiger partial charge in [0.25, 0.3) is 0 Å². The molecule has 0 bridgehead atoms. The number of hydrogen-bond donors (Lipinski definition) is 2. The van der Waals surface area contributed by atoms with Crippen LogP contribution in [0.5, 0.6) is 23.0 Å². The van der Waals surface area contributed by atoms with E-state index in [0.717, 1.165) is 0 Å². The van der Waals surface area contributed by atoms with Gasteiger partial charge in [-0.2, -0.15) is 0 Å². The molecule has 4 heteroatoms. The summed E-state index contributed by atoms with van der Waals surface area (Å²) in [6.07, 6.45) is 0. The molecule has 0 radical (unpaired) electrons. The average molecular weight is 306 g/mol. The smallest absolute Gasteiger partial charge is 0.196 e. The quantitative estimate of drug-likeness (QED) is 0.711. The third-order valence-electron chi connectivity index (χ3n) is 3.34. The zero-order valence-electron chi connectivity index (χ0n) is 12.1. The van der Waals surface area contributed by atoms with Gasteiger partial charge in [-0.1, -0.05) is 36.4 Å². The molecule has 0 aromatic heterocycles. The third-order valence-corrected chi connectivity index (χ3v) is 3.34. The van der Waals surface area contributed by atoms with Gasteiger partial charge >= 0.3 is 0 Å². The molecule has 2 N–H and O–H groups in total. The van der Waals surface area contributed by atoms with Crippen LogP contribution >= 0.6 is 0 Å². The summed E-state index contributed by atoms with van der Waals surface area (Å²) in [7, 11) is 0. The Morgan fingerprint density at radius 3 is 2.17 bits per heavy atom. The molecular weight excluding hydrogens is 292 g/mol. The molecule has 0 fully saturated rings. The standard InChI is InChI=1S/C19H14O4/c20-14-9-11-15(12-10-14)23-17-8-4-7-16(19(17)22)18(21)13-5-2-1-3-6-13/h1-12,20,22H. The van der Waals surface area contributed by atoms with Crippen molar-refractivity contribution in [2.24, 2.45) is 0 Å². The lowest BCUT2D eigenvalue weighted by Crippen LogP contribution is -2.02. The maximum absolute atomic E-state index is 12.5. The van der Waals surface area contributed by atoms with Crippen LogP contribution in [0.1, 0.15) is 15.9 Å². The molecule has 23 heavy (non-hydrogen) atoms. The van der Waals surface area contributed by atoms with Crippen molar-refractivity contribution in [1.29, 1.82) is 0 Å². The fourth-order valence-electron chi connectivity index (χ4n) is 2.17. The Kier molecular flexibility index (Phi) is 3.97. The summed E-state index contributed by atoms with van der Waals surface area (Å²) in [5.41, 5.74) is 0.664. The number of ether oxygens (including phenoxy) is 1. The van der Waals surface area contributed by atoms with Crippen molar-refractivity contribution in [3.05, 3.63) is 83.9 Å². The molecule has 3 aromatic rings. The first kappa shape index (κ1) is 14.7. The van der Waals surface area contributed by atoms with Crippen molar-refractivity contribution in [3.63, 3.8) is 0 Å². The van der Waals surface area contributed by atoms with Crippen LogP contribution in [-0.4, -0.2) is 16.0 Å². The summed E-state index contributed by atoms with van der Waals surface area (Å²) >= 11 is 0. The average Bonchev–Trinajstić information content (AvgIpc) is 2.59. The van der Waals surface area contributed by atoms with E-state index in [1.165, 1.54) is 12.1 Å². The van der Waals surface area contributed by atoms with E-state index in [9.17, 15) is 15.0 Å². The van der Waals surface area contributed by atoms with E-state index in [1.807, 2.05) is 6.07 Å². The van der Waals surface area contributed by atoms with Crippen molar-refractivity contribution in [3.8, 4) is 23.0 Å². The van der Waals surface area contributed by atoms with Crippen molar-refractivity contribution < 1.29 is 19.7 Å². The Hall–Kier alpha value is -3.27. The van der Waals surface area contributed by atoms with Crippen LogP contribution in [0.3, 0.4) is 0 Å². The van der Waals surface area contributed by atoms with Gasteiger partial charge in [-0.05, 0) is 36.4 Å². The summed E-state index contributed by atoms with van der Waals surface area (Å²) in [6, 6.07) is 19.6. The molecule has 0 aliphatic heterocycles. The Morgan fingerprint density at radius 2 is 1.48 bits per heavy atom. The van der Waals surface area contributed by atoms with E-state index in [4.69, 9.17) is 4.74 Å². The highest BCUT2D eigenvalue weighted by Gasteiger charge is 2.17. The number of rotatable bonds is 4. The second kappa shape index (κ2) is 6.23. The number of phenols is 2. The van der Waals surface area contributed by atoms with Crippen LogP contribution in [0.15, 0.2) is 72.8 Å². The van der Waals surface area contributed by atoms with E-state index in [2.05, 4.69) is 0 Å². The number of benzene rings is 3. The lowest BCUT2D eigenvalue weighted by molar-refractivity contribution is 0.103. The van der Waals surface area contributed by atoms with E-state index in [-0.39, 0.29) is 28.6 Å². The monoisotopic (exact) mass is 306 g/mol. The minimum absolute atomic E-state index is 0.120. The summed E-state index contributed by atoms with van der Waals surface area (Å²) < 4.78 is 5.58. The topological polar surface area (TPSA) is 66.8 Å². The van der Waals surface area contributed by atoms with Gasteiger partial charge in [-0.15, -0.1) is 0 Å². The lowest BCUT2D eigenvalue weighted by atomic mass is 10.0. The first-order valence-electron chi connectivity index (χ1n) is 7.04. The first-order valence-corrected chi connectivity index (χ1v) is 7.04. The fraction of sp³-hybridized carbons (Fsp3) is 0. The highest BCUT2D eigenvalue weighted by molar-refractivity contribution is 6.11. The lowest BCUT2D eigenvalue weighted by Gasteiger charge is -2.10. The van der Waals surface area contributed by atoms with Crippen molar-refractivity contribution in [1.82, 2.24) is 0 Å². The van der Waals surface area contributed by atoms with Crippen molar-refractivity contribution >= 4 is 5.78 Å². The Morgan fingerprint density at radius 1 is 0.783 bits per heavy atom. The molecule has 0 saturated carbocycles. The highest BCUT2D eigenvalue weighted by atomic mass is 16.5. The molecule has 0 spiro atoms. The summed E-state index contributed by atoms with van der Waals surface area (Å²) in [6.45, 7) is 0. The van der Waals surface area contributed by atoms with Gasteiger partial charge in [-0.3, -0.25) is 4.79 Å². The Labute approximate surface area is 133 Å². The summed E-state index contributed by atoms with van der Waals surface area (Å²) in [4.78, 5) is 12.5. The molecular formula is C19H14O4. The maximum atomic E-state index is 12.5. The summed E-state index contributed by atoms with van der Waals surface area (Å²) in [5.74, 6) is 0.253. The van der Waals surface area contributed by atoms with Gasteiger partial charge in [0.05, 0.1) is 5.56 Å². The number of ketones is 1. The fourth-order valence-corrected chi connectivity index (χ4v) is 2.17.